The summed E-state index contributed by atoms with van der Waals surface area (Å²) in [5.74, 6) is 5.46. The summed E-state index contributed by atoms with van der Waals surface area (Å²) in [6.07, 6.45) is -4.17. The van der Waals surface area contributed by atoms with E-state index in [2.05, 4.69) is 10.2 Å². The van der Waals surface area contributed by atoms with Crippen LogP contribution in [-0.4, -0.2) is 19.1 Å². The second kappa shape index (κ2) is 5.99. The van der Waals surface area contributed by atoms with Gasteiger partial charge in [-0.25, -0.2) is 0 Å². The Labute approximate surface area is 115 Å². The Kier molecular flexibility index (Phi) is 4.52. The largest absolute Gasteiger partial charge is 0.573 e. The van der Waals surface area contributed by atoms with E-state index in [0.29, 0.717) is 12.2 Å². The minimum atomic E-state index is -4.74. The maximum atomic E-state index is 12.4. The van der Waals surface area contributed by atoms with Gasteiger partial charge in [0, 0.05) is 12.2 Å². The van der Waals surface area contributed by atoms with Crippen LogP contribution in [0.2, 0.25) is 0 Å². The summed E-state index contributed by atoms with van der Waals surface area (Å²) in [7, 11) is 0. The second-order valence-corrected chi connectivity index (χ2v) is 4.83. The van der Waals surface area contributed by atoms with Gasteiger partial charge in [0.2, 0.25) is 0 Å². The standard InChI is InChI=1S/C13H17F3N2O2/c1-8-6-7-19-12(8)11(18-17)9-4-2-3-5-10(9)20-13(14,15)16/h2-5,8,11-12,18H,6-7,17H2,1H3. The Morgan fingerprint density at radius 2 is 2.10 bits per heavy atom. The highest BCUT2D eigenvalue weighted by molar-refractivity contribution is 5.37. The molecule has 0 aromatic heterocycles. The van der Waals surface area contributed by atoms with Crippen molar-refractivity contribution < 1.29 is 22.6 Å². The average molecular weight is 290 g/mol. The quantitative estimate of drug-likeness (QED) is 0.661. The van der Waals surface area contributed by atoms with E-state index in [0.717, 1.165) is 6.42 Å². The van der Waals surface area contributed by atoms with Gasteiger partial charge in [-0.1, -0.05) is 25.1 Å². The van der Waals surface area contributed by atoms with Gasteiger partial charge in [-0.3, -0.25) is 11.3 Å². The van der Waals surface area contributed by atoms with Gasteiger partial charge < -0.3 is 9.47 Å². The molecule has 20 heavy (non-hydrogen) atoms. The summed E-state index contributed by atoms with van der Waals surface area (Å²) in [6, 6.07) is 5.40. The van der Waals surface area contributed by atoms with Crippen molar-refractivity contribution in [2.45, 2.75) is 31.9 Å². The molecule has 1 aromatic rings. The molecule has 3 N–H and O–H groups in total. The smallest absolute Gasteiger partial charge is 0.405 e. The molecule has 0 spiro atoms. The first kappa shape index (κ1) is 15.1. The van der Waals surface area contributed by atoms with E-state index in [9.17, 15) is 13.2 Å². The maximum Gasteiger partial charge on any atom is 0.573 e. The number of halogens is 3. The van der Waals surface area contributed by atoms with E-state index >= 15 is 0 Å². The van der Waals surface area contributed by atoms with E-state index in [4.69, 9.17) is 10.6 Å². The molecule has 0 aliphatic carbocycles. The number of benzene rings is 1. The third-order valence-corrected chi connectivity index (χ3v) is 3.43. The van der Waals surface area contributed by atoms with Crippen LogP contribution in [0.5, 0.6) is 5.75 Å². The van der Waals surface area contributed by atoms with Crippen LogP contribution >= 0.6 is 0 Å². The molecule has 3 unspecified atom stereocenters. The SMILES string of the molecule is CC1CCOC1C(NN)c1ccccc1OC(F)(F)F. The molecule has 0 radical (unpaired) electrons. The van der Waals surface area contributed by atoms with Gasteiger partial charge in [0.1, 0.15) is 5.75 Å². The van der Waals surface area contributed by atoms with Crippen LogP contribution in [0.4, 0.5) is 13.2 Å². The fraction of sp³-hybridized carbons (Fsp3) is 0.538. The number of nitrogens with two attached hydrogens (primary N) is 1. The van der Waals surface area contributed by atoms with Crippen molar-refractivity contribution in [2.75, 3.05) is 6.61 Å². The average Bonchev–Trinajstić information content (AvgIpc) is 2.77. The number of rotatable bonds is 4. The van der Waals surface area contributed by atoms with Gasteiger partial charge in [0.25, 0.3) is 0 Å². The minimum Gasteiger partial charge on any atom is -0.405 e. The lowest BCUT2D eigenvalue weighted by Crippen LogP contribution is -2.39. The molecular weight excluding hydrogens is 273 g/mol. The molecule has 0 bridgehead atoms. The zero-order chi connectivity index (χ0) is 14.8. The molecule has 7 heteroatoms. The van der Waals surface area contributed by atoms with Crippen LogP contribution < -0.4 is 16.0 Å². The maximum absolute atomic E-state index is 12.4. The van der Waals surface area contributed by atoms with E-state index in [1.807, 2.05) is 6.92 Å². The van der Waals surface area contributed by atoms with E-state index in [1.54, 1.807) is 12.1 Å². The summed E-state index contributed by atoms with van der Waals surface area (Å²) in [6.45, 7) is 2.56. The minimum absolute atomic E-state index is 0.204. The Morgan fingerprint density at radius 3 is 2.65 bits per heavy atom. The Bertz CT molecular complexity index is 453. The molecule has 3 atom stereocenters. The van der Waals surface area contributed by atoms with Crippen LogP contribution in [0, 0.1) is 5.92 Å². The third-order valence-electron chi connectivity index (χ3n) is 3.43. The topological polar surface area (TPSA) is 56.5 Å². The molecule has 2 rings (SSSR count). The van der Waals surface area contributed by atoms with Crippen molar-refractivity contribution in [1.29, 1.82) is 0 Å². The van der Waals surface area contributed by atoms with Gasteiger partial charge >= 0.3 is 6.36 Å². The van der Waals surface area contributed by atoms with Crippen molar-refractivity contribution >= 4 is 0 Å². The highest BCUT2D eigenvalue weighted by atomic mass is 19.4. The molecule has 4 nitrogen and oxygen atoms in total. The van der Waals surface area contributed by atoms with E-state index in [1.165, 1.54) is 12.1 Å². The van der Waals surface area contributed by atoms with Crippen molar-refractivity contribution in [3.63, 3.8) is 0 Å². The predicted octanol–water partition coefficient (Wildman–Crippen LogP) is 2.51. The van der Waals surface area contributed by atoms with Crippen LogP contribution in [0.3, 0.4) is 0 Å². The number of ether oxygens (including phenoxy) is 2. The van der Waals surface area contributed by atoms with Gasteiger partial charge in [0.15, 0.2) is 0 Å². The second-order valence-electron chi connectivity index (χ2n) is 4.83. The highest BCUT2D eigenvalue weighted by Crippen LogP contribution is 2.36. The summed E-state index contributed by atoms with van der Waals surface area (Å²) < 4.78 is 47.0. The molecule has 1 aliphatic heterocycles. The zero-order valence-corrected chi connectivity index (χ0v) is 11.0. The molecular formula is C13H17F3N2O2. The van der Waals surface area contributed by atoms with Crippen LogP contribution in [-0.2, 0) is 4.74 Å². The van der Waals surface area contributed by atoms with Gasteiger partial charge in [-0.15, -0.1) is 13.2 Å². The number of hydrogen-bond donors (Lipinski definition) is 2. The van der Waals surface area contributed by atoms with Crippen molar-refractivity contribution in [3.8, 4) is 5.75 Å². The third kappa shape index (κ3) is 3.41. The van der Waals surface area contributed by atoms with Crippen LogP contribution in [0.1, 0.15) is 24.9 Å². The first-order valence-corrected chi connectivity index (χ1v) is 6.35. The van der Waals surface area contributed by atoms with Crippen LogP contribution in [0.15, 0.2) is 24.3 Å². The highest BCUT2D eigenvalue weighted by Gasteiger charge is 2.37. The number of nitrogens with one attached hydrogen (secondary N) is 1. The Morgan fingerprint density at radius 1 is 1.40 bits per heavy atom. The lowest BCUT2D eigenvalue weighted by molar-refractivity contribution is -0.275. The van der Waals surface area contributed by atoms with Crippen molar-refractivity contribution in [1.82, 2.24) is 5.43 Å². The Hall–Kier alpha value is -1.31. The van der Waals surface area contributed by atoms with Crippen molar-refractivity contribution in [3.05, 3.63) is 29.8 Å². The molecule has 1 saturated heterocycles. The first-order chi connectivity index (χ1) is 9.42. The zero-order valence-electron chi connectivity index (χ0n) is 11.0. The normalized spacial score (nSPS) is 24.6. The van der Waals surface area contributed by atoms with Crippen molar-refractivity contribution in [2.24, 2.45) is 11.8 Å². The lowest BCUT2D eigenvalue weighted by atomic mass is 9.92. The number of alkyl halides is 3. The Balaban J connectivity index is 2.29. The van der Waals surface area contributed by atoms with Gasteiger partial charge in [-0.05, 0) is 18.4 Å². The van der Waals surface area contributed by atoms with E-state index in [-0.39, 0.29) is 17.8 Å². The predicted molar refractivity (Wildman–Crippen MR) is 66.7 cm³/mol. The molecule has 1 fully saturated rings. The molecule has 0 saturated carbocycles. The summed E-state index contributed by atoms with van der Waals surface area (Å²) >= 11 is 0. The molecule has 112 valence electrons. The summed E-state index contributed by atoms with van der Waals surface area (Å²) in [4.78, 5) is 0. The fourth-order valence-corrected chi connectivity index (χ4v) is 2.46. The monoisotopic (exact) mass is 290 g/mol. The summed E-state index contributed by atoms with van der Waals surface area (Å²) in [5, 5.41) is 0. The molecule has 1 aromatic carbocycles. The van der Waals surface area contributed by atoms with Crippen LogP contribution in [0.25, 0.3) is 0 Å². The van der Waals surface area contributed by atoms with E-state index < -0.39 is 12.4 Å². The van der Waals surface area contributed by atoms with Gasteiger partial charge in [0.05, 0.1) is 12.1 Å². The summed E-state index contributed by atoms with van der Waals surface area (Å²) in [5.41, 5.74) is 2.88. The molecule has 1 aliphatic rings. The fourth-order valence-electron chi connectivity index (χ4n) is 2.46. The number of para-hydroxylation sites is 1. The molecule has 0 amide bonds. The number of hydrogen-bond acceptors (Lipinski definition) is 4. The van der Waals surface area contributed by atoms with Gasteiger partial charge in [-0.2, -0.15) is 0 Å². The first-order valence-electron chi connectivity index (χ1n) is 6.35. The number of hydrazine groups is 1. The lowest BCUT2D eigenvalue weighted by Gasteiger charge is -2.27. The molecule has 1 heterocycles.